The van der Waals surface area contributed by atoms with Crippen molar-refractivity contribution in [1.29, 1.82) is 0 Å². The summed E-state index contributed by atoms with van der Waals surface area (Å²) >= 11 is 0. The van der Waals surface area contributed by atoms with Crippen molar-refractivity contribution in [3.63, 3.8) is 0 Å². The second-order valence-electron chi connectivity index (χ2n) is 19.9. The second kappa shape index (κ2) is 14.1. The zero-order valence-electron chi connectivity index (χ0n) is 32.9. The Hall–Kier alpha value is -1.14. The van der Waals surface area contributed by atoms with Crippen LogP contribution in [0, 0.1) is 16.2 Å². The van der Waals surface area contributed by atoms with Gasteiger partial charge < -0.3 is 20.4 Å². The number of nitrogens with one attached hydrogen (secondary N) is 2. The lowest BCUT2D eigenvalue weighted by Gasteiger charge is -2.52. The molecule has 0 aliphatic carbocycles. The molecule has 2 aliphatic heterocycles. The highest BCUT2D eigenvalue weighted by molar-refractivity contribution is 5.82. The highest BCUT2D eigenvalue weighted by Gasteiger charge is 2.46. The van der Waals surface area contributed by atoms with Crippen molar-refractivity contribution in [2.75, 3.05) is 13.1 Å². The number of rotatable bonds is 12. The molecule has 2 amide bonds. The summed E-state index contributed by atoms with van der Waals surface area (Å²) in [7, 11) is 0. The van der Waals surface area contributed by atoms with E-state index in [0.29, 0.717) is 0 Å². The van der Waals surface area contributed by atoms with E-state index in [1.54, 1.807) is 0 Å². The van der Waals surface area contributed by atoms with Crippen LogP contribution < -0.4 is 10.6 Å². The Morgan fingerprint density at radius 3 is 1.33 bits per heavy atom. The summed E-state index contributed by atoms with van der Waals surface area (Å²) in [5.41, 5.74) is -0.958. The maximum Gasteiger partial charge on any atom is 0.228 e. The third-order valence-electron chi connectivity index (χ3n) is 10.4. The van der Waals surface area contributed by atoms with Gasteiger partial charge in [0.25, 0.3) is 0 Å². The first-order chi connectivity index (χ1) is 20.2. The lowest BCUT2D eigenvalue weighted by molar-refractivity contribution is -0.146. The number of carbonyl (C=O) groups excluding carboxylic acids is 2. The van der Waals surface area contributed by atoms with E-state index in [2.05, 4.69) is 131 Å². The Labute approximate surface area is 280 Å². The first-order valence-corrected chi connectivity index (χ1v) is 18.4. The molecule has 6 nitrogen and oxygen atoms in total. The molecule has 0 aromatic carbocycles. The lowest BCUT2D eigenvalue weighted by Crippen LogP contribution is -2.64. The van der Waals surface area contributed by atoms with Crippen LogP contribution in [0.25, 0.3) is 0 Å². The fraction of sp³-hybridized carbons (Fsp3) is 0.949. The molecule has 2 aliphatic rings. The van der Waals surface area contributed by atoms with Gasteiger partial charge in [-0.25, -0.2) is 0 Å². The quantitative estimate of drug-likeness (QED) is 0.226. The zero-order chi connectivity index (χ0) is 34.9. The van der Waals surface area contributed by atoms with Crippen LogP contribution in [-0.4, -0.2) is 68.9 Å². The molecule has 0 aromatic heterocycles. The number of piperidine rings is 2. The molecule has 2 fully saturated rings. The highest BCUT2D eigenvalue weighted by atomic mass is 16.2. The number of carbonyl (C=O) groups is 2. The summed E-state index contributed by atoms with van der Waals surface area (Å²) in [4.78, 5) is 32.9. The maximum atomic E-state index is 14.3. The minimum Gasteiger partial charge on any atom is -0.339 e. The van der Waals surface area contributed by atoms with Gasteiger partial charge in [-0.3, -0.25) is 9.59 Å². The number of hydrogen-bond donors (Lipinski definition) is 2. The third kappa shape index (κ3) is 11.5. The van der Waals surface area contributed by atoms with Crippen LogP contribution in [0.2, 0.25) is 0 Å². The smallest absolute Gasteiger partial charge is 0.228 e. The van der Waals surface area contributed by atoms with Gasteiger partial charge in [-0.2, -0.15) is 0 Å². The fourth-order valence-electron chi connectivity index (χ4n) is 8.94. The Kier molecular flexibility index (Phi) is 12.6. The molecule has 1 unspecified atom stereocenters. The number of unbranched alkanes of at least 4 members (excludes halogenated alkanes) is 1. The van der Waals surface area contributed by atoms with Gasteiger partial charge in [0.2, 0.25) is 11.8 Å². The average Bonchev–Trinajstić information content (AvgIpc) is 2.82. The van der Waals surface area contributed by atoms with E-state index in [4.69, 9.17) is 0 Å². The zero-order valence-corrected chi connectivity index (χ0v) is 32.9. The highest BCUT2D eigenvalue weighted by Crippen LogP contribution is 2.41. The van der Waals surface area contributed by atoms with Gasteiger partial charge in [0, 0.05) is 58.2 Å². The molecule has 0 saturated carbocycles. The summed E-state index contributed by atoms with van der Waals surface area (Å²) in [6.07, 6.45) is 10.3. The Morgan fingerprint density at radius 2 is 0.978 bits per heavy atom. The minimum absolute atomic E-state index is 0.0264. The normalized spacial score (nSPS) is 23.3. The third-order valence-corrected chi connectivity index (χ3v) is 10.4. The summed E-state index contributed by atoms with van der Waals surface area (Å²) in [5.74, 6) is 0.541. The Bertz CT molecular complexity index is 967. The summed E-state index contributed by atoms with van der Waals surface area (Å²) in [5, 5.41) is 7.65. The van der Waals surface area contributed by atoms with Crippen LogP contribution in [0.5, 0.6) is 0 Å². The molecule has 0 spiro atoms. The van der Waals surface area contributed by atoms with Gasteiger partial charge in [0.1, 0.15) is 0 Å². The number of nitrogens with zero attached hydrogens (tertiary/aromatic N) is 2. The topological polar surface area (TPSA) is 64.7 Å². The molecule has 264 valence electrons. The van der Waals surface area contributed by atoms with Crippen LogP contribution in [0.1, 0.15) is 175 Å². The number of amides is 2. The first-order valence-electron chi connectivity index (χ1n) is 18.4. The molecule has 1 atom stereocenters. The molecule has 6 heteroatoms. The van der Waals surface area contributed by atoms with Crippen LogP contribution in [0.15, 0.2) is 0 Å². The van der Waals surface area contributed by atoms with E-state index in [1.165, 1.54) is 0 Å². The second-order valence-corrected chi connectivity index (χ2v) is 19.9. The van der Waals surface area contributed by atoms with Crippen molar-refractivity contribution in [2.45, 2.75) is 209 Å². The predicted molar refractivity (Wildman–Crippen MR) is 192 cm³/mol. The fourth-order valence-corrected chi connectivity index (χ4v) is 8.94. The molecular formula is C39H76N4O2. The standard InChI is InChI=1S/C39H76N4O2/c1-17-19-21-39(18-2,28-43(32(45)34(6,7)8)30-26-37(13,14)41-38(15,16)27-30)22-20-23-42(31(44)33(3,4)5)29-24-35(9,10)40-36(11,12)25-29/h29-30,40-41H,17-28H2,1-16H3. The van der Waals surface area contributed by atoms with E-state index in [9.17, 15) is 9.59 Å². The molecule has 2 N–H and O–H groups in total. The van der Waals surface area contributed by atoms with Gasteiger partial charge in [0.05, 0.1) is 0 Å². The number of hydrogen-bond acceptors (Lipinski definition) is 4. The van der Waals surface area contributed by atoms with Crippen molar-refractivity contribution in [2.24, 2.45) is 16.2 Å². The van der Waals surface area contributed by atoms with Gasteiger partial charge in [-0.15, -0.1) is 0 Å². The van der Waals surface area contributed by atoms with E-state index >= 15 is 0 Å². The molecule has 45 heavy (non-hydrogen) atoms. The van der Waals surface area contributed by atoms with E-state index in [-0.39, 0.29) is 51.5 Å². The Balaban J connectivity index is 2.44. The van der Waals surface area contributed by atoms with E-state index in [1.807, 2.05) is 0 Å². The largest absolute Gasteiger partial charge is 0.339 e. The Morgan fingerprint density at radius 1 is 0.622 bits per heavy atom. The molecule has 2 saturated heterocycles. The SMILES string of the molecule is CCCCC(CC)(CCCN(C(=O)C(C)(C)C)C1CC(C)(C)NC(C)(C)C1)CN(C(=O)C(C)(C)C)C1CC(C)(C)NC(C)(C)C1. The van der Waals surface area contributed by atoms with Gasteiger partial charge >= 0.3 is 0 Å². The molecule has 0 aromatic rings. The van der Waals surface area contributed by atoms with Crippen molar-refractivity contribution in [3.05, 3.63) is 0 Å². The van der Waals surface area contributed by atoms with Crippen molar-refractivity contribution in [1.82, 2.24) is 20.4 Å². The molecule has 2 heterocycles. The van der Waals surface area contributed by atoms with Crippen LogP contribution >= 0.6 is 0 Å². The van der Waals surface area contributed by atoms with Gasteiger partial charge in [-0.1, -0.05) is 68.2 Å². The van der Waals surface area contributed by atoms with Crippen LogP contribution in [-0.2, 0) is 9.59 Å². The molecule has 0 bridgehead atoms. The molecular weight excluding hydrogens is 556 g/mol. The monoisotopic (exact) mass is 633 g/mol. The van der Waals surface area contributed by atoms with Gasteiger partial charge in [-0.05, 0) is 112 Å². The summed E-state index contributed by atoms with van der Waals surface area (Å²) in [6, 6.07) is 0.418. The van der Waals surface area contributed by atoms with Crippen LogP contribution in [0.3, 0.4) is 0 Å². The minimum atomic E-state index is -0.437. The van der Waals surface area contributed by atoms with Crippen molar-refractivity contribution in [3.8, 4) is 0 Å². The summed E-state index contributed by atoms with van der Waals surface area (Å²) < 4.78 is 0. The summed E-state index contributed by atoms with van der Waals surface area (Å²) in [6.45, 7) is 36.9. The first kappa shape index (κ1) is 40.0. The van der Waals surface area contributed by atoms with E-state index in [0.717, 1.165) is 77.3 Å². The van der Waals surface area contributed by atoms with Gasteiger partial charge in [0.15, 0.2) is 0 Å². The van der Waals surface area contributed by atoms with E-state index < -0.39 is 10.8 Å². The van der Waals surface area contributed by atoms with Crippen molar-refractivity contribution < 1.29 is 9.59 Å². The van der Waals surface area contributed by atoms with Crippen LogP contribution in [0.4, 0.5) is 0 Å². The predicted octanol–water partition coefficient (Wildman–Crippen LogP) is 8.72. The van der Waals surface area contributed by atoms with Crippen molar-refractivity contribution >= 4 is 11.8 Å². The lowest BCUT2D eigenvalue weighted by atomic mass is 9.73. The molecule has 2 rings (SSSR count). The maximum absolute atomic E-state index is 14.3. The average molecular weight is 633 g/mol. The molecule has 0 radical (unpaired) electrons.